The van der Waals surface area contributed by atoms with E-state index in [1.807, 2.05) is 41.8 Å². The fourth-order valence-electron chi connectivity index (χ4n) is 2.23. The molecule has 0 atom stereocenters. The summed E-state index contributed by atoms with van der Waals surface area (Å²) >= 11 is 5.09. The van der Waals surface area contributed by atoms with Gasteiger partial charge >= 0.3 is 0 Å². The molecule has 3 rings (SSSR count). The first-order valence-corrected chi connectivity index (χ1v) is 7.48. The predicted molar refractivity (Wildman–Crippen MR) is 79.1 cm³/mol. The van der Waals surface area contributed by atoms with Crippen molar-refractivity contribution in [3.05, 3.63) is 61.8 Å². The lowest BCUT2D eigenvalue weighted by molar-refractivity contribution is 0.102. The number of Topliss-reactive ketones (excluding diaryl/α,β-unsaturated/α-hetero) is 1. The number of carbonyl (C=O) groups is 1. The summed E-state index contributed by atoms with van der Waals surface area (Å²) in [7, 11) is 0. The smallest absolute Gasteiger partial charge is 0.189 e. The molecule has 0 N–H and O–H groups in total. The molecule has 0 saturated heterocycles. The Kier molecular flexibility index (Phi) is 3.18. The zero-order chi connectivity index (χ0) is 12.5. The Morgan fingerprint density at radius 2 is 2.06 bits per heavy atom. The summed E-state index contributed by atoms with van der Waals surface area (Å²) < 4.78 is 1.07. The molecule has 1 aliphatic rings. The Hall–Kier alpha value is -1.19. The maximum absolute atomic E-state index is 12.4. The van der Waals surface area contributed by atoms with Crippen molar-refractivity contribution in [1.82, 2.24) is 0 Å². The lowest BCUT2D eigenvalue weighted by Crippen LogP contribution is -2.13. The normalized spacial score (nSPS) is 16.9. The van der Waals surface area contributed by atoms with Crippen molar-refractivity contribution in [2.24, 2.45) is 0 Å². The first-order chi connectivity index (χ1) is 8.74. The molecule has 0 fully saturated rings. The number of benzene rings is 1. The third kappa shape index (κ3) is 2.20. The minimum absolute atomic E-state index is 0.182. The van der Waals surface area contributed by atoms with Gasteiger partial charge in [0, 0.05) is 25.9 Å². The monoisotopic (exact) mass is 318 g/mol. The zero-order valence-electron chi connectivity index (χ0n) is 9.65. The Bertz CT molecular complexity index is 639. The largest absolute Gasteiger partial charge is 0.289 e. The van der Waals surface area contributed by atoms with Crippen molar-refractivity contribution >= 4 is 39.1 Å². The molecule has 0 aliphatic heterocycles. The van der Waals surface area contributed by atoms with Gasteiger partial charge < -0.3 is 0 Å². The van der Waals surface area contributed by atoms with Gasteiger partial charge in [-0.2, -0.15) is 0 Å². The summed E-state index contributed by atoms with van der Waals surface area (Å²) in [5.74, 6) is 0.182. The Labute approximate surface area is 118 Å². The Morgan fingerprint density at radius 1 is 1.22 bits per heavy atom. The molecular weight excluding hydrogens is 308 g/mol. The number of halogens is 1. The van der Waals surface area contributed by atoms with E-state index in [1.165, 1.54) is 5.56 Å². The number of hydrogen-bond acceptors (Lipinski definition) is 2. The highest BCUT2D eigenvalue weighted by Gasteiger charge is 2.21. The van der Waals surface area contributed by atoms with Crippen LogP contribution in [0.2, 0.25) is 0 Å². The quantitative estimate of drug-likeness (QED) is 0.695. The van der Waals surface area contributed by atoms with E-state index in [0.29, 0.717) is 0 Å². The van der Waals surface area contributed by atoms with Crippen LogP contribution in [0.1, 0.15) is 27.2 Å². The van der Waals surface area contributed by atoms with E-state index in [2.05, 4.69) is 15.9 Å². The summed E-state index contributed by atoms with van der Waals surface area (Å²) in [6, 6.07) is 9.95. The summed E-state index contributed by atoms with van der Waals surface area (Å²) in [5.41, 5.74) is 2.96. The number of allylic oxidation sites excluding steroid dienone is 1. The molecule has 0 bridgehead atoms. The number of aryl methyl sites for hydroxylation is 1. The second kappa shape index (κ2) is 4.82. The highest BCUT2D eigenvalue weighted by Crippen LogP contribution is 2.28. The van der Waals surface area contributed by atoms with Crippen molar-refractivity contribution < 1.29 is 4.79 Å². The molecular formula is C15H11BrOS. The van der Waals surface area contributed by atoms with Gasteiger partial charge in [0.1, 0.15) is 0 Å². The van der Waals surface area contributed by atoms with Crippen LogP contribution in [0, 0.1) is 0 Å². The van der Waals surface area contributed by atoms with Gasteiger partial charge in [-0.15, -0.1) is 11.3 Å². The van der Waals surface area contributed by atoms with Crippen molar-refractivity contribution in [3.8, 4) is 0 Å². The molecule has 1 heterocycles. The third-order valence-electron chi connectivity index (χ3n) is 3.12. The average Bonchev–Trinajstić information content (AvgIpc) is 2.79. The first kappa shape index (κ1) is 11.9. The number of carbonyl (C=O) groups excluding carboxylic acids is 1. The summed E-state index contributed by atoms with van der Waals surface area (Å²) in [5, 5.41) is 2.04. The van der Waals surface area contributed by atoms with Gasteiger partial charge in [0.05, 0.1) is 0 Å². The van der Waals surface area contributed by atoms with Crippen LogP contribution in [0.4, 0.5) is 0 Å². The van der Waals surface area contributed by atoms with Crippen LogP contribution in [0.3, 0.4) is 0 Å². The van der Waals surface area contributed by atoms with Crippen LogP contribution in [0.15, 0.2) is 45.8 Å². The molecule has 3 heteroatoms. The molecule has 0 spiro atoms. The summed E-state index contributed by atoms with van der Waals surface area (Å²) in [4.78, 5) is 13.5. The van der Waals surface area contributed by atoms with Gasteiger partial charge in [-0.1, -0.05) is 24.3 Å². The fourth-order valence-corrected chi connectivity index (χ4v) is 3.63. The standard InChI is InChI=1S/C15H11BrOS/c16-12-8-13(18-9-12)7-11-6-5-10-3-1-2-4-14(10)15(11)17/h1-4,7-9H,5-6H2/b11-7+. The van der Waals surface area contributed by atoms with Crippen LogP contribution in [-0.2, 0) is 6.42 Å². The lowest BCUT2D eigenvalue weighted by Gasteiger charge is -2.16. The molecule has 2 aromatic rings. The number of thiophene rings is 1. The first-order valence-electron chi connectivity index (χ1n) is 5.81. The number of rotatable bonds is 1. The van der Waals surface area contributed by atoms with E-state index in [4.69, 9.17) is 0 Å². The van der Waals surface area contributed by atoms with Gasteiger partial charge in [0.2, 0.25) is 0 Å². The molecule has 0 amide bonds. The van der Waals surface area contributed by atoms with E-state index in [9.17, 15) is 4.79 Å². The summed E-state index contributed by atoms with van der Waals surface area (Å²) in [6.45, 7) is 0. The zero-order valence-corrected chi connectivity index (χ0v) is 12.1. The number of ketones is 1. The molecule has 0 saturated carbocycles. The van der Waals surface area contributed by atoms with E-state index in [0.717, 1.165) is 33.3 Å². The minimum atomic E-state index is 0.182. The van der Waals surface area contributed by atoms with Crippen LogP contribution < -0.4 is 0 Å². The molecule has 0 unspecified atom stereocenters. The maximum atomic E-state index is 12.4. The molecule has 1 aliphatic carbocycles. The van der Waals surface area contributed by atoms with Crippen LogP contribution >= 0.6 is 27.3 Å². The second-order valence-corrected chi connectivity index (χ2v) is 6.18. The topological polar surface area (TPSA) is 17.1 Å². The van der Waals surface area contributed by atoms with Gasteiger partial charge in [-0.05, 0) is 46.5 Å². The highest BCUT2D eigenvalue weighted by molar-refractivity contribution is 9.10. The van der Waals surface area contributed by atoms with E-state index in [1.54, 1.807) is 11.3 Å². The van der Waals surface area contributed by atoms with E-state index < -0.39 is 0 Å². The minimum Gasteiger partial charge on any atom is -0.289 e. The molecule has 1 nitrogen and oxygen atoms in total. The number of hydrogen-bond donors (Lipinski definition) is 0. The van der Waals surface area contributed by atoms with Crippen molar-refractivity contribution in [1.29, 1.82) is 0 Å². The number of fused-ring (bicyclic) bond motifs is 1. The van der Waals surface area contributed by atoms with Crippen molar-refractivity contribution in [3.63, 3.8) is 0 Å². The maximum Gasteiger partial charge on any atom is 0.189 e. The second-order valence-electron chi connectivity index (χ2n) is 4.32. The average molecular weight is 319 g/mol. The molecule has 0 radical (unpaired) electrons. The van der Waals surface area contributed by atoms with Gasteiger partial charge in [-0.25, -0.2) is 0 Å². The van der Waals surface area contributed by atoms with Gasteiger partial charge in [0.25, 0.3) is 0 Å². The highest BCUT2D eigenvalue weighted by atomic mass is 79.9. The lowest BCUT2D eigenvalue weighted by atomic mass is 9.86. The van der Waals surface area contributed by atoms with Crippen LogP contribution in [-0.4, -0.2) is 5.78 Å². The van der Waals surface area contributed by atoms with Crippen molar-refractivity contribution in [2.75, 3.05) is 0 Å². The van der Waals surface area contributed by atoms with Crippen molar-refractivity contribution in [2.45, 2.75) is 12.8 Å². The molecule has 18 heavy (non-hydrogen) atoms. The predicted octanol–water partition coefficient (Wildman–Crippen LogP) is 4.72. The Balaban J connectivity index is 1.98. The molecule has 1 aromatic carbocycles. The van der Waals surface area contributed by atoms with Crippen LogP contribution in [0.25, 0.3) is 6.08 Å². The Morgan fingerprint density at radius 3 is 2.83 bits per heavy atom. The fraction of sp³-hybridized carbons (Fsp3) is 0.133. The molecule has 90 valence electrons. The van der Waals surface area contributed by atoms with Gasteiger partial charge in [-0.3, -0.25) is 4.79 Å². The van der Waals surface area contributed by atoms with Gasteiger partial charge in [0.15, 0.2) is 5.78 Å². The summed E-state index contributed by atoms with van der Waals surface area (Å²) in [6.07, 6.45) is 3.82. The molecule has 1 aromatic heterocycles. The third-order valence-corrected chi connectivity index (χ3v) is 4.76. The van der Waals surface area contributed by atoms with E-state index in [-0.39, 0.29) is 5.78 Å². The van der Waals surface area contributed by atoms with E-state index >= 15 is 0 Å². The SMILES string of the molecule is O=C1/C(=C/c2cc(Br)cs2)CCc2ccccc21. The van der Waals surface area contributed by atoms with Crippen LogP contribution in [0.5, 0.6) is 0 Å².